The van der Waals surface area contributed by atoms with Crippen molar-refractivity contribution >= 4 is 40.5 Å². The first-order valence-corrected chi connectivity index (χ1v) is 10.5. The summed E-state index contributed by atoms with van der Waals surface area (Å²) in [7, 11) is 0. The first-order valence-electron chi connectivity index (χ1n) is 10.2. The van der Waals surface area contributed by atoms with Gasteiger partial charge >= 0.3 is 0 Å². The van der Waals surface area contributed by atoms with Crippen LogP contribution in [0.2, 0.25) is 5.02 Å². The minimum absolute atomic E-state index is 0.0794. The van der Waals surface area contributed by atoms with E-state index in [1.165, 1.54) is 5.56 Å². The Morgan fingerprint density at radius 3 is 2.47 bits per heavy atom. The maximum atomic E-state index is 13.0. The number of para-hydroxylation sites is 1. The minimum Gasteiger partial charge on any atom is -0.339 e. The number of nitrogens with one attached hydrogen (secondary N) is 2. The fourth-order valence-electron chi connectivity index (χ4n) is 3.85. The maximum Gasteiger partial charge on any atom is 0.229 e. The lowest BCUT2D eigenvalue weighted by Crippen LogP contribution is -2.29. The van der Waals surface area contributed by atoms with Crippen LogP contribution in [0.1, 0.15) is 48.8 Å². The molecule has 4 rings (SSSR count). The van der Waals surface area contributed by atoms with Crippen LogP contribution in [0.4, 0.5) is 23.1 Å². The van der Waals surface area contributed by atoms with E-state index in [2.05, 4.69) is 42.5 Å². The molecule has 0 fully saturated rings. The third-order valence-corrected chi connectivity index (χ3v) is 5.55. The Labute approximate surface area is 181 Å². The van der Waals surface area contributed by atoms with E-state index >= 15 is 0 Å². The molecule has 3 aromatic rings. The highest BCUT2D eigenvalue weighted by Crippen LogP contribution is 2.38. The van der Waals surface area contributed by atoms with Gasteiger partial charge in [0.1, 0.15) is 5.82 Å². The van der Waals surface area contributed by atoms with Crippen molar-refractivity contribution in [3.63, 3.8) is 0 Å². The normalized spacial score (nSPS) is 14.9. The molecule has 0 amide bonds. The molecule has 6 heteroatoms. The fraction of sp³-hybridized carbons (Fsp3) is 0.292. The monoisotopic (exact) mass is 420 g/mol. The number of carbonyl (C=O) groups excluding carboxylic acids is 1. The molecular formula is C24H25ClN4O. The van der Waals surface area contributed by atoms with Gasteiger partial charge < -0.3 is 10.6 Å². The average Bonchev–Trinajstić information content (AvgIpc) is 2.68. The van der Waals surface area contributed by atoms with E-state index in [9.17, 15) is 4.79 Å². The molecule has 0 atom stereocenters. The van der Waals surface area contributed by atoms with E-state index in [0.717, 1.165) is 29.9 Å². The number of benzene rings is 2. The number of aryl methyl sites for hydroxylation is 1. The third kappa shape index (κ3) is 4.31. The summed E-state index contributed by atoms with van der Waals surface area (Å²) in [6.45, 7) is 6.31. The van der Waals surface area contributed by atoms with Crippen LogP contribution in [0.3, 0.4) is 0 Å². The number of hydrogen-bond acceptors (Lipinski definition) is 5. The van der Waals surface area contributed by atoms with Gasteiger partial charge in [0.2, 0.25) is 5.95 Å². The summed E-state index contributed by atoms with van der Waals surface area (Å²) in [5.41, 5.74) is 4.20. The van der Waals surface area contributed by atoms with Crippen molar-refractivity contribution in [1.29, 1.82) is 0 Å². The number of anilines is 4. The van der Waals surface area contributed by atoms with Gasteiger partial charge in [-0.25, -0.2) is 4.98 Å². The Balaban J connectivity index is 1.78. The number of rotatable bonds is 5. The van der Waals surface area contributed by atoms with E-state index in [-0.39, 0.29) is 11.2 Å². The molecule has 2 aromatic carbocycles. The van der Waals surface area contributed by atoms with Gasteiger partial charge in [0.15, 0.2) is 5.78 Å². The Morgan fingerprint density at radius 1 is 1.00 bits per heavy atom. The highest BCUT2D eigenvalue weighted by Gasteiger charge is 2.35. The number of hydrogen-bond donors (Lipinski definition) is 2. The number of nitrogens with zero attached hydrogens (tertiary/aromatic N) is 2. The summed E-state index contributed by atoms with van der Waals surface area (Å²) >= 11 is 5.99. The van der Waals surface area contributed by atoms with E-state index in [1.54, 1.807) is 0 Å². The highest BCUT2D eigenvalue weighted by molar-refractivity contribution is 6.30. The Bertz CT molecular complexity index is 1090. The largest absolute Gasteiger partial charge is 0.339 e. The van der Waals surface area contributed by atoms with Crippen molar-refractivity contribution < 1.29 is 4.79 Å². The molecule has 0 bridgehead atoms. The van der Waals surface area contributed by atoms with Crippen LogP contribution >= 0.6 is 11.6 Å². The minimum atomic E-state index is -0.130. The maximum absolute atomic E-state index is 13.0. The summed E-state index contributed by atoms with van der Waals surface area (Å²) in [5, 5.41) is 7.32. The third-order valence-electron chi connectivity index (χ3n) is 5.30. The summed E-state index contributed by atoms with van der Waals surface area (Å²) in [6.07, 6.45) is 2.08. The van der Waals surface area contributed by atoms with Crippen LogP contribution in [0, 0.1) is 5.41 Å². The second-order valence-electron chi connectivity index (χ2n) is 8.43. The van der Waals surface area contributed by atoms with Gasteiger partial charge in [0, 0.05) is 22.8 Å². The van der Waals surface area contributed by atoms with Crippen molar-refractivity contribution in [1.82, 2.24) is 9.97 Å². The lowest BCUT2D eigenvalue weighted by atomic mass is 9.75. The zero-order chi connectivity index (χ0) is 21.3. The van der Waals surface area contributed by atoms with Crippen LogP contribution in [0.25, 0.3) is 0 Å². The molecule has 0 aliphatic heterocycles. The highest BCUT2D eigenvalue weighted by atomic mass is 35.5. The predicted molar refractivity (Wildman–Crippen MR) is 122 cm³/mol. The van der Waals surface area contributed by atoms with Gasteiger partial charge in [0.25, 0.3) is 0 Å². The van der Waals surface area contributed by atoms with Crippen molar-refractivity contribution in [2.75, 3.05) is 10.6 Å². The van der Waals surface area contributed by atoms with E-state index in [0.29, 0.717) is 28.8 Å². The first kappa shape index (κ1) is 20.4. The van der Waals surface area contributed by atoms with Crippen molar-refractivity contribution in [2.45, 2.75) is 40.0 Å². The average molecular weight is 421 g/mol. The summed E-state index contributed by atoms with van der Waals surface area (Å²) in [4.78, 5) is 22.4. The van der Waals surface area contributed by atoms with Crippen LogP contribution in [0.5, 0.6) is 0 Å². The molecule has 2 N–H and O–H groups in total. The molecule has 0 spiro atoms. The van der Waals surface area contributed by atoms with E-state index in [1.807, 2.05) is 42.5 Å². The lowest BCUT2D eigenvalue weighted by Gasteiger charge is -2.30. The number of ketones is 1. The quantitative estimate of drug-likeness (QED) is 0.504. The van der Waals surface area contributed by atoms with Crippen molar-refractivity contribution in [3.8, 4) is 0 Å². The SMILES string of the molecule is CCc1ccccc1Nc1nc(Nc2ccc(Cl)cc2)nc2c1C(=O)CC(C)(C)C2. The van der Waals surface area contributed by atoms with Gasteiger partial charge in [-0.15, -0.1) is 0 Å². The smallest absolute Gasteiger partial charge is 0.229 e. The fourth-order valence-corrected chi connectivity index (χ4v) is 3.98. The molecule has 30 heavy (non-hydrogen) atoms. The van der Waals surface area contributed by atoms with Gasteiger partial charge in [-0.1, -0.05) is 50.6 Å². The molecule has 1 aromatic heterocycles. The number of aromatic nitrogens is 2. The molecule has 0 unspecified atom stereocenters. The van der Waals surface area contributed by atoms with Gasteiger partial charge in [-0.2, -0.15) is 4.98 Å². The second-order valence-corrected chi connectivity index (χ2v) is 8.86. The molecule has 1 aliphatic carbocycles. The zero-order valence-corrected chi connectivity index (χ0v) is 18.2. The number of carbonyl (C=O) groups is 1. The van der Waals surface area contributed by atoms with Crippen molar-refractivity contribution in [2.24, 2.45) is 5.41 Å². The van der Waals surface area contributed by atoms with Crippen molar-refractivity contribution in [3.05, 3.63) is 70.4 Å². The Kier molecular flexibility index (Phi) is 5.48. The van der Waals surface area contributed by atoms with Gasteiger partial charge in [-0.05, 0) is 54.2 Å². The molecule has 5 nitrogen and oxygen atoms in total. The zero-order valence-electron chi connectivity index (χ0n) is 17.4. The number of fused-ring (bicyclic) bond motifs is 1. The summed E-state index contributed by atoms with van der Waals surface area (Å²) in [6, 6.07) is 15.5. The number of halogens is 1. The molecular weight excluding hydrogens is 396 g/mol. The van der Waals surface area contributed by atoms with Gasteiger partial charge in [-0.3, -0.25) is 4.79 Å². The Hall–Kier alpha value is -2.92. The lowest BCUT2D eigenvalue weighted by molar-refractivity contribution is 0.0911. The predicted octanol–water partition coefficient (Wildman–Crippen LogP) is 6.33. The van der Waals surface area contributed by atoms with Gasteiger partial charge in [0.05, 0.1) is 11.3 Å². The number of Topliss-reactive ketones (excluding diaryl/α,β-unsaturated/α-hetero) is 1. The summed E-state index contributed by atoms with van der Waals surface area (Å²) < 4.78 is 0. The Morgan fingerprint density at radius 2 is 1.73 bits per heavy atom. The van der Waals surface area contributed by atoms with Crippen LogP contribution in [-0.4, -0.2) is 15.8 Å². The standard InChI is InChI=1S/C24H25ClN4O/c1-4-15-7-5-6-8-18(15)27-22-21-19(13-24(2,3)14-20(21)30)28-23(29-22)26-17-11-9-16(25)10-12-17/h5-12H,4,13-14H2,1-3H3,(H2,26,27,28,29). The second kappa shape index (κ2) is 8.07. The van der Waals surface area contributed by atoms with Crippen LogP contribution < -0.4 is 10.6 Å². The topological polar surface area (TPSA) is 66.9 Å². The molecule has 1 aliphatic rings. The van der Waals surface area contributed by atoms with E-state index in [4.69, 9.17) is 16.6 Å². The van der Waals surface area contributed by atoms with Crippen LogP contribution in [0.15, 0.2) is 48.5 Å². The summed E-state index contributed by atoms with van der Waals surface area (Å²) in [5.74, 6) is 1.09. The first-order chi connectivity index (χ1) is 14.3. The molecule has 154 valence electrons. The molecule has 0 saturated carbocycles. The van der Waals surface area contributed by atoms with Crippen LogP contribution in [-0.2, 0) is 12.8 Å². The molecule has 0 saturated heterocycles. The molecule has 0 radical (unpaired) electrons. The molecule has 1 heterocycles. The van der Waals surface area contributed by atoms with E-state index < -0.39 is 0 Å².